The molecule has 3 heterocycles. The second-order valence-corrected chi connectivity index (χ2v) is 11.4. The molecule has 4 atom stereocenters. The van der Waals surface area contributed by atoms with E-state index in [1.165, 1.54) is 0 Å². The van der Waals surface area contributed by atoms with Gasteiger partial charge in [0.15, 0.2) is 11.6 Å². The molecule has 7 nitrogen and oxygen atoms in total. The molecule has 3 aliphatic rings. The summed E-state index contributed by atoms with van der Waals surface area (Å²) in [5, 5.41) is 3.09. The lowest BCUT2D eigenvalue weighted by Crippen LogP contribution is -2.49. The van der Waals surface area contributed by atoms with Gasteiger partial charge in [-0.2, -0.15) is 0 Å². The number of ether oxygens (including phenoxy) is 2. The van der Waals surface area contributed by atoms with Gasteiger partial charge in [-0.05, 0) is 71.7 Å². The molecule has 1 N–H and O–H groups in total. The van der Waals surface area contributed by atoms with E-state index >= 15 is 0 Å². The third kappa shape index (κ3) is 4.07. The Labute approximate surface area is 256 Å². The Balaban J connectivity index is 1.47. The first-order valence-electron chi connectivity index (χ1n) is 14.9. The summed E-state index contributed by atoms with van der Waals surface area (Å²) in [6.45, 7) is 2.60. The van der Waals surface area contributed by atoms with E-state index in [2.05, 4.69) is 5.32 Å². The van der Waals surface area contributed by atoms with Crippen LogP contribution in [0.4, 0.5) is 5.69 Å². The predicted octanol–water partition coefficient (Wildman–Crippen LogP) is 6.47. The zero-order chi connectivity index (χ0) is 30.4. The minimum Gasteiger partial charge on any atom is -0.497 e. The highest BCUT2D eigenvalue weighted by atomic mass is 16.5. The SMILES string of the molecule is CCCOc1ccc(C(=O)[C@@H]2[C@H](C(=O)c3cccc(OC)c3)N3C=Cc4ccccc4[C@@H]3[C@]23C(=O)Nc2ccccc23)cc1. The van der Waals surface area contributed by atoms with Crippen LogP contribution in [0.15, 0.2) is 103 Å². The van der Waals surface area contributed by atoms with Gasteiger partial charge in [0.2, 0.25) is 5.91 Å². The van der Waals surface area contributed by atoms with Crippen LogP contribution in [0.5, 0.6) is 11.5 Å². The van der Waals surface area contributed by atoms with Crippen LogP contribution in [-0.2, 0) is 10.2 Å². The zero-order valence-corrected chi connectivity index (χ0v) is 24.5. The summed E-state index contributed by atoms with van der Waals surface area (Å²) >= 11 is 0. The summed E-state index contributed by atoms with van der Waals surface area (Å²) in [6, 6.07) is 27.8. The van der Waals surface area contributed by atoms with Crippen molar-refractivity contribution in [3.63, 3.8) is 0 Å². The van der Waals surface area contributed by atoms with Crippen molar-refractivity contribution in [2.24, 2.45) is 5.92 Å². The van der Waals surface area contributed by atoms with Gasteiger partial charge in [0.25, 0.3) is 0 Å². The van der Waals surface area contributed by atoms with Crippen LogP contribution in [0.2, 0.25) is 0 Å². The number of ketones is 2. The van der Waals surface area contributed by atoms with Gasteiger partial charge in [0, 0.05) is 23.0 Å². The molecule has 0 radical (unpaired) electrons. The van der Waals surface area contributed by atoms with E-state index in [-0.39, 0.29) is 17.5 Å². The van der Waals surface area contributed by atoms with Gasteiger partial charge in [0.05, 0.1) is 25.7 Å². The highest BCUT2D eigenvalue weighted by molar-refractivity contribution is 6.16. The van der Waals surface area contributed by atoms with Gasteiger partial charge in [-0.15, -0.1) is 0 Å². The topological polar surface area (TPSA) is 84.9 Å². The number of benzene rings is 4. The fourth-order valence-corrected chi connectivity index (χ4v) is 7.23. The molecule has 0 saturated carbocycles. The Morgan fingerprint density at radius 2 is 1.64 bits per heavy atom. The van der Waals surface area contributed by atoms with E-state index in [0.29, 0.717) is 40.5 Å². The van der Waals surface area contributed by atoms with Crippen molar-refractivity contribution >= 4 is 29.2 Å². The van der Waals surface area contributed by atoms with Crippen LogP contribution in [0.3, 0.4) is 0 Å². The maximum Gasteiger partial charge on any atom is 0.238 e. The predicted molar refractivity (Wildman–Crippen MR) is 168 cm³/mol. The van der Waals surface area contributed by atoms with E-state index in [4.69, 9.17) is 9.47 Å². The van der Waals surface area contributed by atoms with Crippen molar-refractivity contribution in [1.29, 1.82) is 0 Å². The molecule has 1 spiro atoms. The van der Waals surface area contributed by atoms with Crippen molar-refractivity contribution in [2.45, 2.75) is 30.8 Å². The number of nitrogens with zero attached hydrogens (tertiary/aromatic N) is 1. The number of hydrogen-bond donors (Lipinski definition) is 1. The molecule has 7 rings (SSSR count). The molecule has 220 valence electrons. The lowest BCUT2D eigenvalue weighted by atomic mass is 9.62. The third-order valence-electron chi connectivity index (χ3n) is 9.09. The Morgan fingerprint density at radius 3 is 2.43 bits per heavy atom. The second kappa shape index (κ2) is 10.8. The van der Waals surface area contributed by atoms with Gasteiger partial charge in [-0.1, -0.05) is 61.5 Å². The molecule has 44 heavy (non-hydrogen) atoms. The van der Waals surface area contributed by atoms with Crippen molar-refractivity contribution in [3.8, 4) is 11.5 Å². The fourth-order valence-electron chi connectivity index (χ4n) is 7.23. The molecule has 4 aromatic carbocycles. The van der Waals surface area contributed by atoms with Crippen molar-refractivity contribution in [3.05, 3.63) is 131 Å². The molecule has 0 unspecified atom stereocenters. The lowest BCUT2D eigenvalue weighted by molar-refractivity contribution is -0.122. The van der Waals surface area contributed by atoms with Gasteiger partial charge >= 0.3 is 0 Å². The number of rotatable bonds is 8. The number of para-hydroxylation sites is 1. The van der Waals surface area contributed by atoms with Crippen molar-refractivity contribution in [1.82, 2.24) is 4.90 Å². The van der Waals surface area contributed by atoms with E-state index in [0.717, 1.165) is 17.5 Å². The number of amides is 1. The molecule has 1 saturated heterocycles. The first kappa shape index (κ1) is 27.7. The van der Waals surface area contributed by atoms with Gasteiger partial charge in [-0.25, -0.2) is 0 Å². The Hall–Kier alpha value is -5.17. The maximum atomic E-state index is 15.0. The van der Waals surface area contributed by atoms with Crippen LogP contribution >= 0.6 is 0 Å². The summed E-state index contributed by atoms with van der Waals surface area (Å²) < 4.78 is 11.2. The van der Waals surface area contributed by atoms with Crippen molar-refractivity contribution in [2.75, 3.05) is 19.0 Å². The van der Waals surface area contributed by atoms with E-state index in [1.807, 2.05) is 72.6 Å². The number of Topliss-reactive ketones (excluding diaryl/α,β-unsaturated/α-hetero) is 2. The number of carbonyl (C=O) groups is 3. The van der Waals surface area contributed by atoms with E-state index < -0.39 is 23.4 Å². The molecular weight excluding hydrogens is 552 g/mol. The fraction of sp³-hybridized carbons (Fsp3) is 0.216. The molecule has 0 aromatic heterocycles. The summed E-state index contributed by atoms with van der Waals surface area (Å²) in [5.41, 5.74) is 2.64. The third-order valence-corrected chi connectivity index (χ3v) is 9.09. The standard InChI is InChI=1S/C37H32N2O5/c1-3-21-44-26-17-15-24(16-18-26)33(40)31-32(34(41)25-10-8-11-27(22-25)43-2)39-20-19-23-9-4-5-12-28(23)35(39)37(31)29-13-6-7-14-30(29)38-36(37)42/h4-20,22,31-32,35H,3,21H2,1-2H3,(H,38,42)/t31-,32+,35+,37+/m0/s1. The second-order valence-electron chi connectivity index (χ2n) is 11.4. The average molecular weight is 585 g/mol. The Morgan fingerprint density at radius 1 is 0.864 bits per heavy atom. The summed E-state index contributed by atoms with van der Waals surface area (Å²) in [4.78, 5) is 46.2. The van der Waals surface area contributed by atoms with Gasteiger partial charge in [-0.3, -0.25) is 14.4 Å². The quantitative estimate of drug-likeness (QED) is 0.239. The summed E-state index contributed by atoms with van der Waals surface area (Å²) in [7, 11) is 1.55. The summed E-state index contributed by atoms with van der Waals surface area (Å²) in [5.74, 6) is -0.677. The lowest BCUT2D eigenvalue weighted by Gasteiger charge is -2.38. The van der Waals surface area contributed by atoms with Crippen LogP contribution in [0, 0.1) is 5.92 Å². The zero-order valence-electron chi connectivity index (χ0n) is 24.5. The first-order valence-corrected chi connectivity index (χ1v) is 14.9. The highest BCUT2D eigenvalue weighted by Gasteiger charge is 2.70. The molecule has 4 aromatic rings. The van der Waals surface area contributed by atoms with E-state index in [1.54, 1.807) is 55.6 Å². The molecule has 1 amide bonds. The van der Waals surface area contributed by atoms with Gasteiger partial charge < -0.3 is 19.7 Å². The molecule has 3 aliphatic heterocycles. The molecule has 7 heteroatoms. The van der Waals surface area contributed by atoms with Crippen molar-refractivity contribution < 1.29 is 23.9 Å². The average Bonchev–Trinajstić information content (AvgIpc) is 3.55. The number of hydrogen-bond acceptors (Lipinski definition) is 6. The summed E-state index contributed by atoms with van der Waals surface area (Å²) in [6.07, 6.45) is 4.69. The maximum absolute atomic E-state index is 15.0. The Kier molecular flexibility index (Phi) is 6.81. The van der Waals surface area contributed by atoms with Crippen LogP contribution in [0.25, 0.3) is 6.08 Å². The number of fused-ring (bicyclic) bond motifs is 6. The molecular formula is C37H32N2O5. The van der Waals surface area contributed by atoms with Crippen LogP contribution in [-0.4, -0.2) is 42.1 Å². The number of methoxy groups -OCH3 is 1. The van der Waals surface area contributed by atoms with Crippen LogP contribution in [0.1, 0.15) is 56.8 Å². The number of anilines is 1. The van der Waals surface area contributed by atoms with Gasteiger partial charge in [0.1, 0.15) is 23.0 Å². The minimum atomic E-state index is -1.38. The first-order chi connectivity index (χ1) is 21.5. The molecule has 1 fully saturated rings. The monoisotopic (exact) mass is 584 g/mol. The number of carbonyl (C=O) groups excluding carboxylic acids is 3. The normalized spacial score (nSPS) is 22.6. The minimum absolute atomic E-state index is 0.256. The molecule has 0 bridgehead atoms. The largest absolute Gasteiger partial charge is 0.497 e. The van der Waals surface area contributed by atoms with E-state index in [9.17, 15) is 14.4 Å². The highest BCUT2D eigenvalue weighted by Crippen LogP contribution is 2.62. The number of nitrogens with one attached hydrogen (secondary N) is 1. The van der Waals surface area contributed by atoms with Crippen LogP contribution < -0.4 is 14.8 Å². The molecule has 0 aliphatic carbocycles. The smallest absolute Gasteiger partial charge is 0.238 e. The Bertz CT molecular complexity index is 1810.